The van der Waals surface area contributed by atoms with E-state index in [2.05, 4.69) is 4.98 Å². The van der Waals surface area contributed by atoms with Crippen LogP contribution in [0.3, 0.4) is 0 Å². The minimum absolute atomic E-state index is 0.108. The lowest BCUT2D eigenvalue weighted by atomic mass is 10.0. The second-order valence-corrected chi connectivity index (χ2v) is 7.63. The molecule has 0 N–H and O–H groups in total. The molecule has 0 fully saturated rings. The van der Waals surface area contributed by atoms with Gasteiger partial charge in [-0.3, -0.25) is 4.79 Å². The number of hydrogen-bond donors (Lipinski definition) is 0. The summed E-state index contributed by atoms with van der Waals surface area (Å²) in [4.78, 5) is 30.8. The first-order chi connectivity index (χ1) is 15.1. The number of hydrogen-bond acceptors (Lipinski definition) is 7. The Kier molecular flexibility index (Phi) is 5.86. The van der Waals surface area contributed by atoms with Gasteiger partial charge in [0.15, 0.2) is 0 Å². The van der Waals surface area contributed by atoms with Crippen molar-refractivity contribution in [3.05, 3.63) is 69.4 Å². The Morgan fingerprint density at radius 3 is 2.61 bits per heavy atom. The SMILES string of the molecule is CCOC(=O)c1oc2cc(OC)c(CC)cc2c(=O)c1-c1csc(-c2ccccc2)n1. The first-order valence-corrected chi connectivity index (χ1v) is 10.8. The van der Waals surface area contributed by atoms with Crippen LogP contribution in [0.5, 0.6) is 5.75 Å². The van der Waals surface area contributed by atoms with Crippen molar-refractivity contribution in [1.29, 1.82) is 0 Å². The topological polar surface area (TPSA) is 78.6 Å². The fraction of sp³-hybridized carbons (Fsp3) is 0.208. The molecule has 0 saturated heterocycles. The van der Waals surface area contributed by atoms with Crippen molar-refractivity contribution in [1.82, 2.24) is 4.98 Å². The Morgan fingerprint density at radius 1 is 1.16 bits per heavy atom. The number of thiazole rings is 1. The number of benzene rings is 2. The molecule has 0 amide bonds. The lowest BCUT2D eigenvalue weighted by Crippen LogP contribution is -2.15. The number of carbonyl (C=O) groups excluding carboxylic acids is 1. The van der Waals surface area contributed by atoms with Crippen molar-refractivity contribution < 1.29 is 18.7 Å². The van der Waals surface area contributed by atoms with E-state index in [4.69, 9.17) is 13.9 Å². The van der Waals surface area contributed by atoms with Gasteiger partial charge in [-0.25, -0.2) is 9.78 Å². The molecule has 31 heavy (non-hydrogen) atoms. The lowest BCUT2D eigenvalue weighted by Gasteiger charge is -2.11. The van der Waals surface area contributed by atoms with Crippen LogP contribution in [0.15, 0.2) is 57.1 Å². The van der Waals surface area contributed by atoms with Gasteiger partial charge in [0.05, 0.1) is 30.4 Å². The van der Waals surface area contributed by atoms with Crippen molar-refractivity contribution in [2.24, 2.45) is 0 Å². The summed E-state index contributed by atoms with van der Waals surface area (Å²) in [7, 11) is 1.56. The highest BCUT2D eigenvalue weighted by molar-refractivity contribution is 7.13. The number of nitrogens with zero attached hydrogens (tertiary/aromatic N) is 1. The molecule has 0 saturated carbocycles. The smallest absolute Gasteiger partial charge is 0.375 e. The molecule has 158 valence electrons. The van der Waals surface area contributed by atoms with Gasteiger partial charge < -0.3 is 13.9 Å². The molecule has 0 aliphatic carbocycles. The summed E-state index contributed by atoms with van der Waals surface area (Å²) in [5, 5.41) is 2.87. The summed E-state index contributed by atoms with van der Waals surface area (Å²) in [5.41, 5.74) is 2.24. The van der Waals surface area contributed by atoms with Crippen LogP contribution in [0.4, 0.5) is 0 Å². The van der Waals surface area contributed by atoms with Gasteiger partial charge in [0.2, 0.25) is 11.2 Å². The average molecular weight is 436 g/mol. The van der Waals surface area contributed by atoms with E-state index in [1.807, 2.05) is 37.3 Å². The summed E-state index contributed by atoms with van der Waals surface area (Å²) in [6, 6.07) is 13.0. The molecule has 2 heterocycles. The van der Waals surface area contributed by atoms with E-state index in [1.165, 1.54) is 11.3 Å². The Morgan fingerprint density at radius 2 is 1.94 bits per heavy atom. The van der Waals surface area contributed by atoms with Crippen LogP contribution in [-0.2, 0) is 11.2 Å². The maximum absolute atomic E-state index is 13.5. The van der Waals surface area contributed by atoms with Crippen LogP contribution >= 0.6 is 11.3 Å². The molecule has 0 bridgehead atoms. The van der Waals surface area contributed by atoms with Crippen molar-refractivity contribution in [3.63, 3.8) is 0 Å². The van der Waals surface area contributed by atoms with E-state index < -0.39 is 5.97 Å². The lowest BCUT2D eigenvalue weighted by molar-refractivity contribution is 0.0492. The number of methoxy groups -OCH3 is 1. The maximum Gasteiger partial charge on any atom is 0.375 e. The molecule has 6 nitrogen and oxygen atoms in total. The van der Waals surface area contributed by atoms with E-state index in [1.54, 1.807) is 31.5 Å². The minimum atomic E-state index is -0.704. The molecule has 0 aliphatic rings. The molecule has 0 radical (unpaired) electrons. The number of fused-ring (bicyclic) bond motifs is 1. The number of carbonyl (C=O) groups is 1. The second kappa shape index (κ2) is 8.73. The third kappa shape index (κ3) is 3.84. The molecule has 4 rings (SSSR count). The number of aryl methyl sites for hydroxylation is 1. The third-order valence-corrected chi connectivity index (χ3v) is 5.81. The van der Waals surface area contributed by atoms with Gasteiger partial charge in [0, 0.05) is 17.0 Å². The molecule has 0 aliphatic heterocycles. The van der Waals surface area contributed by atoms with Crippen LogP contribution in [0.2, 0.25) is 0 Å². The highest BCUT2D eigenvalue weighted by Crippen LogP contribution is 2.32. The molecule has 2 aromatic heterocycles. The zero-order valence-corrected chi connectivity index (χ0v) is 18.2. The number of ether oxygens (including phenoxy) is 2. The fourth-order valence-corrected chi connectivity index (χ4v) is 4.22. The monoisotopic (exact) mass is 435 g/mol. The van der Waals surface area contributed by atoms with Gasteiger partial charge in [-0.1, -0.05) is 37.3 Å². The molecular formula is C24H21NO5S. The highest BCUT2D eigenvalue weighted by atomic mass is 32.1. The minimum Gasteiger partial charge on any atom is -0.496 e. The molecule has 0 spiro atoms. The van der Waals surface area contributed by atoms with Gasteiger partial charge in [0.1, 0.15) is 16.3 Å². The zero-order chi connectivity index (χ0) is 22.0. The molecule has 2 aromatic carbocycles. The molecular weight excluding hydrogens is 414 g/mol. The normalized spacial score (nSPS) is 10.9. The molecule has 7 heteroatoms. The Hall–Kier alpha value is -3.45. The standard InChI is InChI=1S/C24H21NO5S/c1-4-14-11-16-19(12-18(14)28-3)30-22(24(27)29-5-2)20(21(16)26)17-13-31-23(25-17)15-9-7-6-8-10-15/h6-13H,4-5H2,1-3H3. The fourth-order valence-electron chi connectivity index (χ4n) is 3.41. The Labute approximate surface area is 183 Å². The predicted octanol–water partition coefficient (Wildman–Crippen LogP) is 5.33. The van der Waals surface area contributed by atoms with Gasteiger partial charge in [0.25, 0.3) is 0 Å². The van der Waals surface area contributed by atoms with Crippen molar-refractivity contribution in [3.8, 4) is 27.6 Å². The molecule has 0 unspecified atom stereocenters. The summed E-state index contributed by atoms with van der Waals surface area (Å²) < 4.78 is 16.5. The number of esters is 1. The first-order valence-electron chi connectivity index (χ1n) is 9.93. The van der Waals surface area contributed by atoms with Crippen molar-refractivity contribution in [2.75, 3.05) is 13.7 Å². The number of aromatic nitrogens is 1. The summed E-state index contributed by atoms with van der Waals surface area (Å²) in [6.07, 6.45) is 0.683. The van der Waals surface area contributed by atoms with E-state index in [-0.39, 0.29) is 28.9 Å². The van der Waals surface area contributed by atoms with Gasteiger partial charge in [-0.2, -0.15) is 0 Å². The average Bonchev–Trinajstić information content (AvgIpc) is 3.28. The second-order valence-electron chi connectivity index (χ2n) is 6.77. The van der Waals surface area contributed by atoms with Crippen LogP contribution < -0.4 is 10.2 Å². The quantitative estimate of drug-likeness (QED) is 0.381. The van der Waals surface area contributed by atoms with E-state index in [0.29, 0.717) is 23.3 Å². The Balaban J connectivity index is 1.97. The van der Waals surface area contributed by atoms with Crippen LogP contribution in [0.25, 0.3) is 32.8 Å². The van der Waals surface area contributed by atoms with Gasteiger partial charge >= 0.3 is 5.97 Å². The largest absolute Gasteiger partial charge is 0.496 e. The van der Waals surface area contributed by atoms with Crippen LogP contribution in [0.1, 0.15) is 30.0 Å². The zero-order valence-electron chi connectivity index (χ0n) is 17.4. The van der Waals surface area contributed by atoms with Gasteiger partial charge in [-0.05, 0) is 25.0 Å². The molecule has 0 atom stereocenters. The van der Waals surface area contributed by atoms with Crippen molar-refractivity contribution in [2.45, 2.75) is 20.3 Å². The van der Waals surface area contributed by atoms with Gasteiger partial charge in [-0.15, -0.1) is 11.3 Å². The van der Waals surface area contributed by atoms with E-state index in [0.717, 1.165) is 16.1 Å². The first kappa shape index (κ1) is 20.8. The highest BCUT2D eigenvalue weighted by Gasteiger charge is 2.25. The summed E-state index contributed by atoms with van der Waals surface area (Å²) in [5.74, 6) is -0.263. The van der Waals surface area contributed by atoms with E-state index in [9.17, 15) is 9.59 Å². The summed E-state index contributed by atoms with van der Waals surface area (Å²) in [6.45, 7) is 3.83. The van der Waals surface area contributed by atoms with Crippen LogP contribution in [0, 0.1) is 0 Å². The Bertz CT molecular complexity index is 1310. The van der Waals surface area contributed by atoms with Crippen molar-refractivity contribution >= 4 is 28.3 Å². The van der Waals surface area contributed by atoms with Crippen LogP contribution in [-0.4, -0.2) is 24.7 Å². The number of rotatable bonds is 6. The summed E-state index contributed by atoms with van der Waals surface area (Å²) >= 11 is 1.40. The molecule has 4 aromatic rings. The predicted molar refractivity (Wildman–Crippen MR) is 121 cm³/mol. The maximum atomic E-state index is 13.5. The van der Waals surface area contributed by atoms with E-state index >= 15 is 0 Å². The third-order valence-electron chi connectivity index (χ3n) is 4.92.